The summed E-state index contributed by atoms with van der Waals surface area (Å²) in [7, 11) is 0. The van der Waals surface area contributed by atoms with E-state index in [1.54, 1.807) is 17.9 Å². The Bertz CT molecular complexity index is 1110. The smallest absolute Gasteiger partial charge is 0.407 e. The molecule has 0 aromatic carbocycles. The van der Waals surface area contributed by atoms with Crippen molar-refractivity contribution in [2.24, 2.45) is 28.6 Å². The molecule has 1 aromatic heterocycles. The molecule has 1 aromatic rings. The van der Waals surface area contributed by atoms with Gasteiger partial charge in [0.1, 0.15) is 6.10 Å². The second-order valence-electron chi connectivity index (χ2n) is 13.3. The first kappa shape index (κ1) is 26.1. The maximum atomic E-state index is 12.5. The minimum atomic E-state index is -0.292. The van der Waals surface area contributed by atoms with Gasteiger partial charge in [0, 0.05) is 32.2 Å². The minimum Gasteiger partial charge on any atom is -0.446 e. The third-order valence-corrected chi connectivity index (χ3v) is 11.4. The molecule has 6 rings (SSSR count). The quantitative estimate of drug-likeness (QED) is 0.535. The average Bonchev–Trinajstić information content (AvgIpc) is 3.47. The Morgan fingerprint density at radius 1 is 1.18 bits per heavy atom. The van der Waals surface area contributed by atoms with Crippen LogP contribution in [-0.4, -0.2) is 54.5 Å². The number of alkyl carbamates (subject to hydrolysis) is 1. The zero-order valence-corrected chi connectivity index (χ0v) is 23.0. The van der Waals surface area contributed by atoms with Crippen LogP contribution in [0.25, 0.3) is 0 Å². The van der Waals surface area contributed by atoms with E-state index in [9.17, 15) is 14.7 Å². The van der Waals surface area contributed by atoms with Gasteiger partial charge >= 0.3 is 11.7 Å². The van der Waals surface area contributed by atoms with E-state index >= 15 is 0 Å². The van der Waals surface area contributed by atoms with Crippen LogP contribution in [0, 0.1) is 28.6 Å². The van der Waals surface area contributed by atoms with Gasteiger partial charge in [-0.2, -0.15) is 0 Å². The summed E-state index contributed by atoms with van der Waals surface area (Å²) in [6.45, 7) is 7.88. The minimum absolute atomic E-state index is 0.00917. The van der Waals surface area contributed by atoms with Gasteiger partial charge in [0.15, 0.2) is 0 Å². The van der Waals surface area contributed by atoms with E-state index in [2.05, 4.69) is 30.1 Å². The molecular weight excluding hydrogens is 480 g/mol. The summed E-state index contributed by atoms with van der Waals surface area (Å²) in [5, 5.41) is 12.6. The Balaban J connectivity index is 1.05. The lowest BCUT2D eigenvalue weighted by atomic mass is 9.46. The number of allylic oxidation sites excluding steroid dienone is 2. The van der Waals surface area contributed by atoms with Crippen molar-refractivity contribution in [1.29, 1.82) is 0 Å². The number of hydrogen-bond acceptors (Lipinski definition) is 6. The molecule has 1 aliphatic heterocycles. The van der Waals surface area contributed by atoms with Crippen molar-refractivity contribution in [2.45, 2.75) is 89.8 Å². The van der Waals surface area contributed by atoms with Crippen LogP contribution in [0.2, 0.25) is 0 Å². The van der Waals surface area contributed by atoms with Gasteiger partial charge in [-0.05, 0) is 104 Å². The Morgan fingerprint density at radius 2 is 2.05 bits per heavy atom. The highest BCUT2D eigenvalue weighted by molar-refractivity contribution is 5.67. The summed E-state index contributed by atoms with van der Waals surface area (Å²) in [6, 6.07) is 3.53. The molecule has 4 fully saturated rings. The molecule has 0 radical (unpaired) electrons. The van der Waals surface area contributed by atoms with Crippen molar-refractivity contribution < 1.29 is 19.1 Å². The van der Waals surface area contributed by atoms with E-state index in [1.807, 2.05) is 6.07 Å². The van der Waals surface area contributed by atoms with Gasteiger partial charge in [-0.25, -0.2) is 9.59 Å². The van der Waals surface area contributed by atoms with Gasteiger partial charge in [-0.15, -0.1) is 0 Å². The van der Waals surface area contributed by atoms with Crippen molar-refractivity contribution in [1.82, 2.24) is 10.2 Å². The zero-order chi connectivity index (χ0) is 26.5. The highest BCUT2D eigenvalue weighted by atomic mass is 16.6. The number of fused-ring (bicyclic) bond motifs is 5. The number of β-amino-alcohol motifs (C(OH)–C–C–N with tert-alkyl or cyclic N) is 1. The number of carbonyl (C=O) groups is 1. The number of nitrogens with zero attached hydrogens (tertiary/aromatic N) is 1. The van der Waals surface area contributed by atoms with E-state index in [0.29, 0.717) is 42.2 Å². The third-order valence-electron chi connectivity index (χ3n) is 11.4. The van der Waals surface area contributed by atoms with Crippen molar-refractivity contribution in [2.75, 3.05) is 26.2 Å². The second-order valence-corrected chi connectivity index (χ2v) is 13.3. The van der Waals surface area contributed by atoms with E-state index < -0.39 is 0 Å². The summed E-state index contributed by atoms with van der Waals surface area (Å²) in [5.74, 6) is 2.33. The van der Waals surface area contributed by atoms with Crippen molar-refractivity contribution in [3.63, 3.8) is 0 Å². The Hall–Kier alpha value is -2.12. The molecule has 1 saturated heterocycles. The average molecular weight is 525 g/mol. The first-order valence-electron chi connectivity index (χ1n) is 14.9. The molecule has 5 aliphatic rings. The van der Waals surface area contributed by atoms with Gasteiger partial charge in [0.05, 0.1) is 12.4 Å². The van der Waals surface area contributed by atoms with Crippen LogP contribution in [0.5, 0.6) is 0 Å². The molecule has 8 atom stereocenters. The number of hydrogen-bond donors (Lipinski definition) is 2. The molecule has 208 valence electrons. The van der Waals surface area contributed by atoms with Crippen LogP contribution in [0.15, 0.2) is 39.3 Å². The predicted octanol–water partition coefficient (Wildman–Crippen LogP) is 4.85. The van der Waals surface area contributed by atoms with Crippen LogP contribution in [0.4, 0.5) is 4.79 Å². The number of carbonyl (C=O) groups excluding carboxylic acids is 1. The van der Waals surface area contributed by atoms with Crippen LogP contribution < -0.4 is 10.9 Å². The number of nitrogens with one attached hydrogen (secondary N) is 1. The normalized spacial score (nSPS) is 40.6. The Labute approximate surface area is 226 Å². The standard InChI is InChI=1S/C31H44N2O5/c1-30-12-9-23(38-29(36)32-14-16-33-15-11-22(34)18-33)17-21(30)4-5-24-26-7-6-25(20-3-8-28(35)37-19-20)31(26,2)13-10-27(24)30/h3,7-8,19,21-25,27,34H,4-6,9-18H2,1-2H3,(H,32,36)/t21-,22+,23?,24+,25-,27+,30+,31-/m1/s1. The van der Waals surface area contributed by atoms with Gasteiger partial charge in [-0.3, -0.25) is 4.90 Å². The topological polar surface area (TPSA) is 92.0 Å². The molecule has 7 nitrogen and oxygen atoms in total. The number of aliphatic hydroxyl groups excluding tert-OH is 1. The third kappa shape index (κ3) is 4.64. The molecule has 38 heavy (non-hydrogen) atoms. The highest BCUT2D eigenvalue weighted by Crippen LogP contribution is 2.67. The van der Waals surface area contributed by atoms with Crippen LogP contribution >= 0.6 is 0 Å². The van der Waals surface area contributed by atoms with Gasteiger partial charge < -0.3 is 19.6 Å². The molecule has 2 heterocycles. The largest absolute Gasteiger partial charge is 0.446 e. The molecule has 0 spiro atoms. The molecule has 1 amide bonds. The monoisotopic (exact) mass is 524 g/mol. The van der Waals surface area contributed by atoms with E-state index in [1.165, 1.54) is 25.7 Å². The maximum Gasteiger partial charge on any atom is 0.407 e. The summed E-state index contributed by atoms with van der Waals surface area (Å²) >= 11 is 0. The predicted molar refractivity (Wildman–Crippen MR) is 145 cm³/mol. The van der Waals surface area contributed by atoms with E-state index in [0.717, 1.165) is 50.8 Å². The van der Waals surface area contributed by atoms with E-state index in [-0.39, 0.29) is 29.3 Å². The zero-order valence-electron chi connectivity index (χ0n) is 23.0. The lowest BCUT2D eigenvalue weighted by Crippen LogP contribution is -2.52. The molecule has 2 N–H and O–H groups in total. The van der Waals surface area contributed by atoms with E-state index in [4.69, 9.17) is 9.15 Å². The lowest BCUT2D eigenvalue weighted by molar-refractivity contribution is -0.0842. The maximum absolute atomic E-state index is 12.5. The van der Waals surface area contributed by atoms with Gasteiger partial charge in [0.25, 0.3) is 0 Å². The highest BCUT2D eigenvalue weighted by Gasteiger charge is 2.58. The first-order valence-corrected chi connectivity index (χ1v) is 14.9. The van der Waals surface area contributed by atoms with Crippen molar-refractivity contribution >= 4 is 6.09 Å². The summed E-state index contributed by atoms with van der Waals surface area (Å²) in [6.07, 6.45) is 13.5. The van der Waals surface area contributed by atoms with Crippen LogP contribution in [0.3, 0.4) is 0 Å². The van der Waals surface area contributed by atoms with Crippen molar-refractivity contribution in [3.05, 3.63) is 46.0 Å². The van der Waals surface area contributed by atoms with Gasteiger partial charge in [-0.1, -0.05) is 25.5 Å². The molecule has 1 unspecified atom stereocenters. The van der Waals surface area contributed by atoms with Crippen molar-refractivity contribution in [3.8, 4) is 0 Å². The summed E-state index contributed by atoms with van der Waals surface area (Å²) < 4.78 is 11.1. The number of rotatable bonds is 5. The second kappa shape index (κ2) is 10.1. The first-order chi connectivity index (χ1) is 18.3. The van der Waals surface area contributed by atoms with Crippen LogP contribution in [0.1, 0.15) is 83.1 Å². The lowest BCUT2D eigenvalue weighted by Gasteiger charge is -2.59. The molecular formula is C31H44N2O5. The number of amides is 1. The summed E-state index contributed by atoms with van der Waals surface area (Å²) in [4.78, 5) is 26.2. The molecule has 0 bridgehead atoms. The number of ether oxygens (including phenoxy) is 1. The number of aliphatic hydroxyl groups is 1. The molecule has 4 aliphatic carbocycles. The van der Waals surface area contributed by atoms with Crippen LogP contribution in [-0.2, 0) is 4.74 Å². The fourth-order valence-corrected chi connectivity index (χ4v) is 9.25. The SMILES string of the molecule is C[C@]12CCC(OC(=O)NCCN3CC[C@H](O)C3)C[C@H]1CC[C@H]1C3=CC[C@H](c4ccc(=O)oc4)[C@@]3(C)CC[C@@H]12. The fourth-order valence-electron chi connectivity index (χ4n) is 9.25. The number of likely N-dealkylation sites (tertiary alicyclic amines) is 1. The fraction of sp³-hybridized carbons (Fsp3) is 0.742. The molecule has 7 heteroatoms. The Morgan fingerprint density at radius 3 is 2.82 bits per heavy atom. The molecule has 3 saturated carbocycles. The van der Waals surface area contributed by atoms with Gasteiger partial charge in [0.2, 0.25) is 0 Å². The Kier molecular flexibility index (Phi) is 6.96. The summed E-state index contributed by atoms with van der Waals surface area (Å²) in [5.41, 5.74) is 2.99.